The van der Waals surface area contributed by atoms with Crippen LogP contribution in [0.5, 0.6) is 0 Å². The average Bonchev–Trinajstić information content (AvgIpc) is 2.71. The summed E-state index contributed by atoms with van der Waals surface area (Å²) in [5, 5.41) is 8.88. The molecule has 0 heterocycles. The molecule has 1 aliphatic rings. The minimum Gasteiger partial charge on any atom is -0.481 e. The van der Waals surface area contributed by atoms with E-state index in [4.69, 9.17) is 16.6 Å². The third-order valence-electron chi connectivity index (χ3n) is 5.41. The number of allylic oxidation sites excluding steroid dienone is 2. The van der Waals surface area contributed by atoms with E-state index < -0.39 is 89.7 Å². The SMILES string of the molecule is CC(F)C(F)(F)C(F)(F)C(F)(F)C(F)(F)C(F)(F)C(F)(F)C(F)(F)C(F)(F)C1C(N)=CC(N)=CC1C(=O)O. The van der Waals surface area contributed by atoms with Crippen molar-refractivity contribution in [3.05, 3.63) is 23.5 Å². The standard InChI is InChI=1S/C17H13F17N2O2/c1-4(18)10(19,20)12(23,24)14(27,28)16(31,32)17(33,34)15(29,30)13(25,26)11(21,22)8-6(9(37)38)2-5(35)3-7(8)36/h2-4,6,8H,35-36H2,1H3,(H,37,38). The fourth-order valence-corrected chi connectivity index (χ4v) is 3.14. The smallest absolute Gasteiger partial charge is 0.385 e. The van der Waals surface area contributed by atoms with Crippen molar-refractivity contribution in [1.29, 1.82) is 0 Å². The Morgan fingerprint density at radius 1 is 0.737 bits per heavy atom. The van der Waals surface area contributed by atoms with Crippen molar-refractivity contribution < 1.29 is 84.5 Å². The molecule has 4 nitrogen and oxygen atoms in total. The monoisotopic (exact) mass is 600 g/mol. The summed E-state index contributed by atoms with van der Waals surface area (Å²) in [6.45, 7) is -0.689. The molecular weight excluding hydrogens is 587 g/mol. The predicted octanol–water partition coefficient (Wildman–Crippen LogP) is 5.44. The molecule has 0 saturated carbocycles. The van der Waals surface area contributed by atoms with E-state index in [0.29, 0.717) is 0 Å². The molecule has 0 aromatic heterocycles. The van der Waals surface area contributed by atoms with Crippen molar-refractivity contribution in [1.82, 2.24) is 0 Å². The number of halogens is 17. The van der Waals surface area contributed by atoms with Crippen LogP contribution in [0.1, 0.15) is 6.92 Å². The van der Waals surface area contributed by atoms with E-state index in [0.717, 1.165) is 0 Å². The Morgan fingerprint density at radius 2 is 1.08 bits per heavy atom. The lowest BCUT2D eigenvalue weighted by Crippen LogP contribution is -2.76. The van der Waals surface area contributed by atoms with Crippen molar-refractivity contribution in [2.45, 2.75) is 60.5 Å². The van der Waals surface area contributed by atoms with Crippen LogP contribution >= 0.6 is 0 Å². The molecule has 0 radical (unpaired) electrons. The van der Waals surface area contributed by atoms with Gasteiger partial charge >= 0.3 is 53.3 Å². The summed E-state index contributed by atoms with van der Waals surface area (Å²) in [7, 11) is 0. The number of hydrogen-bond donors (Lipinski definition) is 3. The number of rotatable bonds is 10. The molecule has 1 rings (SSSR count). The van der Waals surface area contributed by atoms with Gasteiger partial charge in [-0.3, -0.25) is 4.79 Å². The second-order valence-corrected chi connectivity index (χ2v) is 7.96. The van der Waals surface area contributed by atoms with Gasteiger partial charge in [0.05, 0.1) is 11.8 Å². The second kappa shape index (κ2) is 8.95. The van der Waals surface area contributed by atoms with Gasteiger partial charge in [-0.05, 0) is 19.1 Å². The molecule has 0 saturated heterocycles. The third kappa shape index (κ3) is 4.10. The van der Waals surface area contributed by atoms with Crippen molar-refractivity contribution in [3.63, 3.8) is 0 Å². The summed E-state index contributed by atoms with van der Waals surface area (Å²) < 4.78 is 235. The first-order valence-electron chi connectivity index (χ1n) is 9.26. The van der Waals surface area contributed by atoms with Gasteiger partial charge in [-0.1, -0.05) is 0 Å². The van der Waals surface area contributed by atoms with E-state index in [2.05, 4.69) is 0 Å². The van der Waals surface area contributed by atoms with Crippen LogP contribution in [0.3, 0.4) is 0 Å². The molecule has 0 fully saturated rings. The fraction of sp³-hybridized carbons (Fsp3) is 0.706. The predicted molar refractivity (Wildman–Crippen MR) is 89.3 cm³/mol. The highest BCUT2D eigenvalue weighted by Gasteiger charge is 2.95. The van der Waals surface area contributed by atoms with Gasteiger partial charge in [-0.25, -0.2) is 4.39 Å². The third-order valence-corrected chi connectivity index (χ3v) is 5.41. The lowest BCUT2D eigenvalue weighted by molar-refractivity contribution is -0.457. The molecule has 0 bridgehead atoms. The zero-order valence-corrected chi connectivity index (χ0v) is 17.8. The van der Waals surface area contributed by atoms with Gasteiger partial charge in [0.1, 0.15) is 0 Å². The molecule has 0 spiro atoms. The van der Waals surface area contributed by atoms with Gasteiger partial charge in [-0.15, -0.1) is 0 Å². The maximum absolute atomic E-state index is 14.5. The lowest BCUT2D eigenvalue weighted by atomic mass is 9.75. The molecule has 0 aromatic carbocycles. The number of carboxylic acids is 1. The van der Waals surface area contributed by atoms with E-state index in [9.17, 15) is 79.4 Å². The Balaban J connectivity index is 3.82. The summed E-state index contributed by atoms with van der Waals surface area (Å²) in [6, 6.07) is 0. The van der Waals surface area contributed by atoms with Crippen LogP contribution < -0.4 is 11.5 Å². The normalized spacial score (nSPS) is 22.1. The summed E-state index contributed by atoms with van der Waals surface area (Å²) >= 11 is 0. The van der Waals surface area contributed by atoms with Crippen molar-refractivity contribution >= 4 is 5.97 Å². The fourth-order valence-electron chi connectivity index (χ4n) is 3.14. The molecule has 3 unspecified atom stereocenters. The number of alkyl halides is 17. The van der Waals surface area contributed by atoms with Crippen LogP contribution in [0.2, 0.25) is 0 Å². The van der Waals surface area contributed by atoms with Gasteiger partial charge in [0.2, 0.25) is 0 Å². The zero-order valence-electron chi connectivity index (χ0n) is 17.8. The highest BCUT2D eigenvalue weighted by molar-refractivity contribution is 5.74. The number of nitrogens with two attached hydrogens (primary N) is 2. The summed E-state index contributed by atoms with van der Waals surface area (Å²) in [5.41, 5.74) is 7.15. The average molecular weight is 600 g/mol. The van der Waals surface area contributed by atoms with Crippen LogP contribution in [0.15, 0.2) is 23.5 Å². The Hall–Kier alpha value is -2.64. The summed E-state index contributed by atoms with van der Waals surface area (Å²) in [4.78, 5) is 11.1. The minimum atomic E-state index is -8.74. The molecule has 0 aromatic rings. The molecule has 0 amide bonds. The molecular formula is C17H13F17N2O2. The number of aliphatic carboxylic acids is 1. The van der Waals surface area contributed by atoms with Gasteiger partial charge in [0.15, 0.2) is 6.17 Å². The molecule has 1 aliphatic carbocycles. The Bertz CT molecular complexity index is 1000. The zero-order chi connectivity index (χ0) is 30.9. The minimum absolute atomic E-state index is 0.0217. The number of carbonyl (C=O) groups is 1. The highest BCUT2D eigenvalue weighted by atomic mass is 19.4. The Morgan fingerprint density at radius 3 is 1.42 bits per heavy atom. The lowest BCUT2D eigenvalue weighted by Gasteiger charge is -2.45. The van der Waals surface area contributed by atoms with Gasteiger partial charge in [-0.2, -0.15) is 70.2 Å². The first kappa shape index (κ1) is 33.4. The molecule has 21 heteroatoms. The maximum Gasteiger partial charge on any atom is 0.385 e. The van der Waals surface area contributed by atoms with E-state index in [1.807, 2.05) is 0 Å². The topological polar surface area (TPSA) is 89.3 Å². The molecule has 38 heavy (non-hydrogen) atoms. The quantitative estimate of drug-likeness (QED) is 0.292. The van der Waals surface area contributed by atoms with Gasteiger partial charge in [0, 0.05) is 11.4 Å². The van der Waals surface area contributed by atoms with E-state index in [-0.39, 0.29) is 12.2 Å². The number of hydrogen-bond acceptors (Lipinski definition) is 3. The molecule has 0 aliphatic heterocycles. The van der Waals surface area contributed by atoms with Gasteiger partial charge < -0.3 is 16.6 Å². The second-order valence-electron chi connectivity index (χ2n) is 7.96. The van der Waals surface area contributed by atoms with Crippen molar-refractivity contribution in [2.24, 2.45) is 23.3 Å². The summed E-state index contributed by atoms with van der Waals surface area (Å²) in [6.07, 6.45) is -4.60. The molecule has 3 atom stereocenters. The van der Waals surface area contributed by atoms with E-state index >= 15 is 0 Å². The molecule has 222 valence electrons. The van der Waals surface area contributed by atoms with Crippen molar-refractivity contribution in [2.75, 3.05) is 0 Å². The van der Waals surface area contributed by atoms with Crippen LogP contribution in [-0.4, -0.2) is 64.6 Å². The first-order valence-corrected chi connectivity index (χ1v) is 9.26. The van der Waals surface area contributed by atoms with Gasteiger partial charge in [0.25, 0.3) is 0 Å². The number of carboxylic acid groups (broad SMARTS) is 1. The Labute approximate surface area is 199 Å². The molecule has 5 N–H and O–H groups in total. The van der Waals surface area contributed by atoms with E-state index in [1.165, 1.54) is 0 Å². The first-order chi connectivity index (χ1) is 16.4. The largest absolute Gasteiger partial charge is 0.481 e. The summed E-state index contributed by atoms with van der Waals surface area (Å²) in [5.74, 6) is -74.4. The Kier molecular flexibility index (Phi) is 7.86. The van der Waals surface area contributed by atoms with Crippen LogP contribution in [0, 0.1) is 11.8 Å². The van der Waals surface area contributed by atoms with Crippen molar-refractivity contribution in [3.8, 4) is 0 Å². The van der Waals surface area contributed by atoms with E-state index in [1.54, 1.807) is 0 Å². The van der Waals surface area contributed by atoms with Crippen LogP contribution in [0.4, 0.5) is 74.6 Å². The van der Waals surface area contributed by atoms with Crippen LogP contribution in [-0.2, 0) is 4.79 Å². The highest BCUT2D eigenvalue weighted by Crippen LogP contribution is 2.65. The maximum atomic E-state index is 14.5. The van der Waals surface area contributed by atoms with Crippen LogP contribution in [0.25, 0.3) is 0 Å².